The van der Waals surface area contributed by atoms with E-state index in [2.05, 4.69) is 36.7 Å². The van der Waals surface area contributed by atoms with Crippen molar-refractivity contribution < 1.29 is 4.79 Å². The second kappa shape index (κ2) is 7.66. The van der Waals surface area contributed by atoms with Gasteiger partial charge >= 0.3 is 0 Å². The molecule has 0 radical (unpaired) electrons. The van der Waals surface area contributed by atoms with Gasteiger partial charge in [0.2, 0.25) is 5.91 Å². The van der Waals surface area contributed by atoms with Crippen LogP contribution in [0.3, 0.4) is 0 Å². The molecule has 4 heterocycles. The van der Waals surface area contributed by atoms with Gasteiger partial charge in [0.05, 0.1) is 12.6 Å². The highest BCUT2D eigenvalue weighted by Crippen LogP contribution is 2.33. The van der Waals surface area contributed by atoms with Gasteiger partial charge in [0.25, 0.3) is 0 Å². The van der Waals surface area contributed by atoms with Gasteiger partial charge in [-0.2, -0.15) is 0 Å². The molecule has 0 spiro atoms. The molecule has 2 atom stereocenters. The summed E-state index contributed by atoms with van der Waals surface area (Å²) in [5.41, 5.74) is 1.10. The van der Waals surface area contributed by atoms with Crippen LogP contribution in [-0.4, -0.2) is 62.2 Å². The molecule has 2 saturated heterocycles. The van der Waals surface area contributed by atoms with E-state index in [1.807, 2.05) is 18.2 Å². The molecule has 0 N–H and O–H groups in total. The van der Waals surface area contributed by atoms with Gasteiger partial charge in [-0.1, -0.05) is 43.2 Å². The first-order chi connectivity index (χ1) is 13.8. The van der Waals surface area contributed by atoms with Crippen molar-refractivity contribution in [2.75, 3.05) is 19.6 Å². The van der Waals surface area contributed by atoms with E-state index in [4.69, 9.17) is 0 Å². The summed E-state index contributed by atoms with van der Waals surface area (Å²) < 4.78 is 2.26. The summed E-state index contributed by atoms with van der Waals surface area (Å²) in [7, 11) is 0. The molecule has 0 saturated carbocycles. The number of aromatic nitrogens is 3. The molecule has 6 nitrogen and oxygen atoms in total. The maximum atomic E-state index is 13.3. The third-order valence-corrected chi connectivity index (χ3v) is 6.64. The summed E-state index contributed by atoms with van der Waals surface area (Å²) in [5.74, 6) is 2.27. The number of likely N-dealkylation sites (tertiary alicyclic amines) is 1. The van der Waals surface area contributed by atoms with E-state index in [9.17, 15) is 4.79 Å². The lowest BCUT2D eigenvalue weighted by atomic mass is 10.1. The molecule has 1 aromatic heterocycles. The van der Waals surface area contributed by atoms with Crippen LogP contribution < -0.4 is 0 Å². The number of amides is 1. The van der Waals surface area contributed by atoms with E-state index in [1.54, 1.807) is 0 Å². The second-order valence-electron chi connectivity index (χ2n) is 8.50. The predicted molar refractivity (Wildman–Crippen MR) is 108 cm³/mol. The van der Waals surface area contributed by atoms with Crippen LogP contribution in [0.15, 0.2) is 30.3 Å². The van der Waals surface area contributed by atoms with Crippen LogP contribution in [0.1, 0.15) is 44.3 Å². The molecule has 1 aromatic carbocycles. The van der Waals surface area contributed by atoms with Crippen LogP contribution in [0.4, 0.5) is 0 Å². The molecule has 28 heavy (non-hydrogen) atoms. The molecule has 1 amide bonds. The van der Waals surface area contributed by atoms with Crippen molar-refractivity contribution in [1.82, 2.24) is 24.6 Å². The first kappa shape index (κ1) is 17.9. The quantitative estimate of drug-likeness (QED) is 0.823. The second-order valence-corrected chi connectivity index (χ2v) is 8.50. The Morgan fingerprint density at radius 3 is 2.50 bits per heavy atom. The number of hydrogen-bond donors (Lipinski definition) is 0. The van der Waals surface area contributed by atoms with Gasteiger partial charge in [0.1, 0.15) is 5.82 Å². The fourth-order valence-electron chi connectivity index (χ4n) is 5.22. The van der Waals surface area contributed by atoms with Gasteiger partial charge in [0, 0.05) is 24.6 Å². The number of carbonyl (C=O) groups is 1. The SMILES string of the molecule is O=C(CN1CCCCCC1)N1[C@@H]2CC[C@H]1Cc1nnc(-c3ccccc3)n1C2. The first-order valence-corrected chi connectivity index (χ1v) is 10.8. The Morgan fingerprint density at radius 1 is 0.964 bits per heavy atom. The van der Waals surface area contributed by atoms with E-state index in [-0.39, 0.29) is 12.1 Å². The minimum absolute atomic E-state index is 0.268. The molecule has 5 rings (SSSR count). The molecular formula is C22H29N5O. The van der Waals surface area contributed by atoms with Crippen molar-refractivity contribution in [1.29, 1.82) is 0 Å². The molecule has 3 aliphatic rings. The summed E-state index contributed by atoms with van der Waals surface area (Å²) in [6.07, 6.45) is 8.05. The van der Waals surface area contributed by atoms with Crippen molar-refractivity contribution in [2.45, 2.75) is 63.6 Å². The average Bonchev–Trinajstić information content (AvgIpc) is 3.11. The molecule has 0 unspecified atom stereocenters. The Hall–Kier alpha value is -2.21. The minimum atomic E-state index is 0.268. The number of benzene rings is 1. The Morgan fingerprint density at radius 2 is 1.71 bits per heavy atom. The minimum Gasteiger partial charge on any atom is -0.333 e. The van der Waals surface area contributed by atoms with Crippen LogP contribution in [0, 0.1) is 0 Å². The highest BCUT2D eigenvalue weighted by Gasteiger charge is 2.41. The summed E-state index contributed by atoms with van der Waals surface area (Å²) >= 11 is 0. The molecule has 2 fully saturated rings. The lowest BCUT2D eigenvalue weighted by Gasteiger charge is -2.30. The van der Waals surface area contributed by atoms with Crippen molar-refractivity contribution in [3.8, 4) is 11.4 Å². The third kappa shape index (κ3) is 3.34. The lowest BCUT2D eigenvalue weighted by molar-refractivity contribution is -0.135. The molecule has 148 valence electrons. The van der Waals surface area contributed by atoms with Crippen LogP contribution >= 0.6 is 0 Å². The average molecular weight is 380 g/mol. The third-order valence-electron chi connectivity index (χ3n) is 6.64. The summed E-state index contributed by atoms with van der Waals surface area (Å²) in [5, 5.41) is 8.98. The number of nitrogens with zero attached hydrogens (tertiary/aromatic N) is 5. The number of hydrogen-bond acceptors (Lipinski definition) is 4. The topological polar surface area (TPSA) is 54.3 Å². The standard InChI is InChI=1S/C22H29N5O/c28-21(16-25-12-6-1-2-7-13-25)27-18-10-11-19(27)15-26-20(14-18)23-24-22(26)17-8-4-3-5-9-17/h3-5,8-9,18-19H,1-2,6-7,10-16H2/t18-,19+/m0/s1. The maximum absolute atomic E-state index is 13.3. The monoisotopic (exact) mass is 379 g/mol. The van der Waals surface area contributed by atoms with E-state index >= 15 is 0 Å². The first-order valence-electron chi connectivity index (χ1n) is 10.8. The zero-order valence-electron chi connectivity index (χ0n) is 16.5. The largest absolute Gasteiger partial charge is 0.333 e. The predicted octanol–water partition coefficient (Wildman–Crippen LogP) is 2.74. The van der Waals surface area contributed by atoms with Crippen molar-refractivity contribution in [3.05, 3.63) is 36.2 Å². The Labute approximate surface area is 166 Å². The number of fused-ring (bicyclic) bond motifs is 3. The van der Waals surface area contributed by atoms with Crippen LogP contribution in [-0.2, 0) is 17.8 Å². The number of rotatable bonds is 3. The zero-order valence-corrected chi connectivity index (χ0v) is 16.5. The van der Waals surface area contributed by atoms with E-state index in [0.717, 1.165) is 56.1 Å². The van der Waals surface area contributed by atoms with Gasteiger partial charge in [-0.25, -0.2) is 0 Å². The fourth-order valence-corrected chi connectivity index (χ4v) is 5.22. The molecule has 2 aromatic rings. The van der Waals surface area contributed by atoms with E-state index in [1.165, 1.54) is 25.7 Å². The van der Waals surface area contributed by atoms with Gasteiger partial charge in [-0.15, -0.1) is 10.2 Å². The van der Waals surface area contributed by atoms with E-state index in [0.29, 0.717) is 12.5 Å². The molecule has 2 bridgehead atoms. The highest BCUT2D eigenvalue weighted by molar-refractivity contribution is 5.79. The van der Waals surface area contributed by atoms with Crippen LogP contribution in [0.2, 0.25) is 0 Å². The van der Waals surface area contributed by atoms with Crippen molar-refractivity contribution >= 4 is 5.91 Å². The molecule has 0 aliphatic carbocycles. The van der Waals surface area contributed by atoms with E-state index < -0.39 is 0 Å². The molecule has 6 heteroatoms. The zero-order chi connectivity index (χ0) is 18.9. The highest BCUT2D eigenvalue weighted by atomic mass is 16.2. The Balaban J connectivity index is 1.36. The molecular weight excluding hydrogens is 350 g/mol. The van der Waals surface area contributed by atoms with Gasteiger partial charge in [-0.3, -0.25) is 9.69 Å². The Bertz CT molecular complexity index is 825. The van der Waals surface area contributed by atoms with Crippen LogP contribution in [0.5, 0.6) is 0 Å². The summed E-state index contributed by atoms with van der Waals surface area (Å²) in [6, 6.07) is 10.8. The number of carbonyl (C=O) groups excluding carboxylic acids is 1. The fraction of sp³-hybridized carbons (Fsp3) is 0.591. The van der Waals surface area contributed by atoms with Gasteiger partial charge in [-0.05, 0) is 38.8 Å². The summed E-state index contributed by atoms with van der Waals surface area (Å²) in [4.78, 5) is 17.8. The smallest absolute Gasteiger partial charge is 0.237 e. The van der Waals surface area contributed by atoms with Crippen molar-refractivity contribution in [3.63, 3.8) is 0 Å². The van der Waals surface area contributed by atoms with Gasteiger partial charge in [0.15, 0.2) is 5.82 Å². The van der Waals surface area contributed by atoms with Gasteiger partial charge < -0.3 is 9.47 Å². The molecule has 3 aliphatic heterocycles. The maximum Gasteiger partial charge on any atom is 0.237 e. The Kier molecular flexibility index (Phi) is 4.89. The summed E-state index contributed by atoms with van der Waals surface area (Å²) in [6.45, 7) is 3.53. The van der Waals surface area contributed by atoms with Crippen molar-refractivity contribution in [2.24, 2.45) is 0 Å². The normalized spacial score (nSPS) is 25.2. The lowest BCUT2D eigenvalue weighted by Crippen LogP contribution is -2.47. The van der Waals surface area contributed by atoms with Crippen LogP contribution in [0.25, 0.3) is 11.4 Å².